The molecule has 0 saturated carbocycles. The van der Waals surface area contributed by atoms with E-state index in [2.05, 4.69) is 22.3 Å². The lowest BCUT2D eigenvalue weighted by Gasteiger charge is -2.26. The topological polar surface area (TPSA) is 24.5 Å². The van der Waals surface area contributed by atoms with Gasteiger partial charge in [0.2, 0.25) is 0 Å². The van der Waals surface area contributed by atoms with Gasteiger partial charge in [0.25, 0.3) is 0 Å². The highest BCUT2D eigenvalue weighted by molar-refractivity contribution is 7.99. The zero-order valence-corrected chi connectivity index (χ0v) is 13.8. The van der Waals surface area contributed by atoms with Crippen LogP contribution in [-0.2, 0) is 4.74 Å². The molecule has 6 heteroatoms. The van der Waals surface area contributed by atoms with Crippen LogP contribution in [0.5, 0.6) is 0 Å². The summed E-state index contributed by atoms with van der Waals surface area (Å²) >= 11 is 7.71. The fraction of sp³-hybridized carbons (Fsp3) is 0.571. The molecule has 1 N–H and O–H groups in total. The van der Waals surface area contributed by atoms with Crippen LogP contribution < -0.4 is 17.7 Å². The second kappa shape index (κ2) is 10.7. The fourth-order valence-corrected chi connectivity index (χ4v) is 2.90. The number of thioether (sulfide) groups is 1. The second-order valence-electron chi connectivity index (χ2n) is 4.51. The molecule has 0 radical (unpaired) electrons. The standard InChI is InChI=1S/C14H21ClN2OS.ClH/c15-13-1-3-14(4-2-13)19-12-6-16-5-7-17-8-10-18-11-9-17;/h1-4,16H,5-12H2;1H/p-1. The first kappa shape index (κ1) is 18.1. The summed E-state index contributed by atoms with van der Waals surface area (Å²) in [6, 6.07) is 8.02. The molecule has 0 amide bonds. The Morgan fingerprint density at radius 2 is 1.85 bits per heavy atom. The van der Waals surface area contributed by atoms with Gasteiger partial charge in [-0.1, -0.05) is 11.6 Å². The molecule has 0 unspecified atom stereocenters. The molecule has 0 aliphatic carbocycles. The lowest BCUT2D eigenvalue weighted by molar-refractivity contribution is -0.00000542. The summed E-state index contributed by atoms with van der Waals surface area (Å²) in [5, 5.41) is 4.28. The van der Waals surface area contributed by atoms with Gasteiger partial charge in [-0.05, 0) is 24.3 Å². The van der Waals surface area contributed by atoms with Crippen molar-refractivity contribution in [1.29, 1.82) is 0 Å². The number of morpholine rings is 1. The molecular weight excluding hydrogens is 315 g/mol. The van der Waals surface area contributed by atoms with Gasteiger partial charge in [0.15, 0.2) is 0 Å². The predicted octanol–water partition coefficient (Wildman–Crippen LogP) is -0.642. The molecule has 1 fully saturated rings. The number of rotatable bonds is 7. The lowest BCUT2D eigenvalue weighted by atomic mass is 10.4. The lowest BCUT2D eigenvalue weighted by Crippen LogP contribution is -3.00. The molecular formula is C14H21Cl2N2OS-. The van der Waals surface area contributed by atoms with Crippen molar-refractivity contribution < 1.29 is 17.1 Å². The highest BCUT2D eigenvalue weighted by Crippen LogP contribution is 2.19. The second-order valence-corrected chi connectivity index (χ2v) is 6.11. The minimum absolute atomic E-state index is 0. The van der Waals surface area contributed by atoms with Crippen LogP contribution in [0.4, 0.5) is 0 Å². The maximum absolute atomic E-state index is 5.85. The van der Waals surface area contributed by atoms with Gasteiger partial charge in [-0.25, -0.2) is 0 Å². The number of ether oxygens (including phenoxy) is 1. The average molecular weight is 336 g/mol. The normalized spacial score (nSPS) is 15.8. The van der Waals surface area contributed by atoms with E-state index >= 15 is 0 Å². The molecule has 1 aromatic rings. The quantitative estimate of drug-likeness (QED) is 0.529. The minimum Gasteiger partial charge on any atom is -1.00 e. The van der Waals surface area contributed by atoms with Crippen LogP contribution in [0.1, 0.15) is 0 Å². The maximum Gasteiger partial charge on any atom is 0.0594 e. The van der Waals surface area contributed by atoms with Crippen LogP contribution in [0.3, 0.4) is 0 Å². The van der Waals surface area contributed by atoms with E-state index in [4.69, 9.17) is 16.3 Å². The Morgan fingerprint density at radius 3 is 2.55 bits per heavy atom. The molecule has 114 valence electrons. The van der Waals surface area contributed by atoms with E-state index in [1.54, 1.807) is 0 Å². The zero-order valence-electron chi connectivity index (χ0n) is 11.5. The highest BCUT2D eigenvalue weighted by Gasteiger charge is 2.08. The number of benzene rings is 1. The van der Waals surface area contributed by atoms with E-state index in [-0.39, 0.29) is 12.4 Å². The molecule has 1 heterocycles. The fourth-order valence-electron chi connectivity index (χ4n) is 1.96. The van der Waals surface area contributed by atoms with Crippen LogP contribution in [-0.4, -0.2) is 56.6 Å². The van der Waals surface area contributed by atoms with Gasteiger partial charge in [0.05, 0.1) is 13.2 Å². The summed E-state index contributed by atoms with van der Waals surface area (Å²) < 4.78 is 5.33. The van der Waals surface area contributed by atoms with Crippen molar-refractivity contribution >= 4 is 23.4 Å². The monoisotopic (exact) mass is 335 g/mol. The molecule has 0 spiro atoms. The summed E-state index contributed by atoms with van der Waals surface area (Å²) in [5.74, 6) is 1.09. The molecule has 0 bridgehead atoms. The number of halogens is 2. The summed E-state index contributed by atoms with van der Waals surface area (Å²) in [6.45, 7) is 7.12. The van der Waals surface area contributed by atoms with Gasteiger partial charge in [0, 0.05) is 48.4 Å². The first-order chi connectivity index (χ1) is 9.34. The Balaban J connectivity index is 0.00000200. The Kier molecular flexibility index (Phi) is 9.68. The zero-order chi connectivity index (χ0) is 13.3. The van der Waals surface area contributed by atoms with Crippen molar-refractivity contribution in [3.8, 4) is 0 Å². The number of hydrogen-bond acceptors (Lipinski definition) is 4. The third-order valence-corrected chi connectivity index (χ3v) is 4.34. The average Bonchev–Trinajstić information content (AvgIpc) is 2.46. The number of nitrogens with one attached hydrogen (secondary N) is 1. The van der Waals surface area contributed by atoms with Crippen LogP contribution in [0.2, 0.25) is 5.02 Å². The van der Waals surface area contributed by atoms with E-state index in [1.165, 1.54) is 4.90 Å². The largest absolute Gasteiger partial charge is 1.00 e. The van der Waals surface area contributed by atoms with Crippen LogP contribution >= 0.6 is 23.4 Å². The van der Waals surface area contributed by atoms with Crippen molar-refractivity contribution in [1.82, 2.24) is 10.2 Å². The molecule has 20 heavy (non-hydrogen) atoms. The third kappa shape index (κ3) is 7.16. The smallest absolute Gasteiger partial charge is 0.0594 e. The SMILES string of the molecule is Clc1ccc(SCCNCCN2CCOCC2)cc1.[Cl-]. The number of hydrogen-bond donors (Lipinski definition) is 1. The van der Waals surface area contributed by atoms with E-state index < -0.39 is 0 Å². The maximum atomic E-state index is 5.85. The number of nitrogens with zero attached hydrogens (tertiary/aromatic N) is 1. The Hall–Kier alpha value is 0.0300. The summed E-state index contributed by atoms with van der Waals surface area (Å²) in [4.78, 5) is 3.72. The molecule has 0 atom stereocenters. The van der Waals surface area contributed by atoms with Crippen molar-refractivity contribution in [2.24, 2.45) is 0 Å². The van der Waals surface area contributed by atoms with Crippen molar-refractivity contribution in [3.63, 3.8) is 0 Å². The van der Waals surface area contributed by atoms with E-state index in [1.807, 2.05) is 23.9 Å². The Morgan fingerprint density at radius 1 is 1.15 bits per heavy atom. The summed E-state index contributed by atoms with van der Waals surface area (Å²) in [7, 11) is 0. The van der Waals surface area contributed by atoms with Crippen molar-refractivity contribution in [2.45, 2.75) is 4.90 Å². The van der Waals surface area contributed by atoms with Crippen LogP contribution in [0, 0.1) is 0 Å². The molecule has 3 nitrogen and oxygen atoms in total. The van der Waals surface area contributed by atoms with Crippen LogP contribution in [0.15, 0.2) is 29.2 Å². The predicted molar refractivity (Wildman–Crippen MR) is 82.3 cm³/mol. The van der Waals surface area contributed by atoms with E-state index in [9.17, 15) is 0 Å². The molecule has 1 aromatic carbocycles. The van der Waals surface area contributed by atoms with Gasteiger partial charge >= 0.3 is 0 Å². The molecule has 1 saturated heterocycles. The Labute approximate surface area is 136 Å². The van der Waals surface area contributed by atoms with Gasteiger partial charge < -0.3 is 22.5 Å². The van der Waals surface area contributed by atoms with Crippen molar-refractivity contribution in [2.75, 3.05) is 51.7 Å². The first-order valence-corrected chi connectivity index (χ1v) is 8.10. The molecule has 0 aromatic heterocycles. The molecule has 1 aliphatic rings. The summed E-state index contributed by atoms with van der Waals surface area (Å²) in [5.41, 5.74) is 0. The minimum atomic E-state index is 0. The van der Waals surface area contributed by atoms with E-state index in [0.29, 0.717) is 0 Å². The van der Waals surface area contributed by atoms with Crippen molar-refractivity contribution in [3.05, 3.63) is 29.3 Å². The van der Waals surface area contributed by atoms with Gasteiger partial charge in [0.1, 0.15) is 0 Å². The first-order valence-electron chi connectivity index (χ1n) is 6.74. The molecule has 2 rings (SSSR count). The van der Waals surface area contributed by atoms with E-state index in [0.717, 1.165) is 56.7 Å². The third-order valence-electron chi connectivity index (χ3n) is 3.07. The van der Waals surface area contributed by atoms with Gasteiger partial charge in [-0.3, -0.25) is 4.90 Å². The summed E-state index contributed by atoms with van der Waals surface area (Å²) in [6.07, 6.45) is 0. The van der Waals surface area contributed by atoms with Gasteiger partial charge in [-0.15, -0.1) is 11.8 Å². The highest BCUT2D eigenvalue weighted by atomic mass is 35.5. The Bertz CT molecular complexity index is 359. The van der Waals surface area contributed by atoms with Crippen LogP contribution in [0.25, 0.3) is 0 Å². The van der Waals surface area contributed by atoms with Gasteiger partial charge in [-0.2, -0.15) is 0 Å². The molecule has 1 aliphatic heterocycles.